The lowest BCUT2D eigenvalue weighted by molar-refractivity contribution is -0.127. The molecule has 1 amide bonds. The summed E-state index contributed by atoms with van der Waals surface area (Å²) in [6.07, 6.45) is 5.42. The number of nitrogens with zero attached hydrogens (tertiary/aromatic N) is 2. The maximum absolute atomic E-state index is 13.1. The number of sulfonamides is 1. The molecule has 2 heterocycles. The van der Waals surface area contributed by atoms with Gasteiger partial charge in [-0.05, 0) is 56.2 Å². The maximum Gasteiger partial charge on any atom is 0.243 e. The molecule has 0 saturated carbocycles. The van der Waals surface area contributed by atoms with Crippen molar-refractivity contribution in [2.45, 2.75) is 50.3 Å². The zero-order valence-corrected chi connectivity index (χ0v) is 17.4. The summed E-state index contributed by atoms with van der Waals surface area (Å²) in [7, 11) is -3.60. The van der Waals surface area contributed by atoms with Crippen LogP contribution in [0.5, 0.6) is 0 Å². The minimum Gasteiger partial charge on any atom is -0.289 e. The summed E-state index contributed by atoms with van der Waals surface area (Å²) in [5, 5.41) is 2.43. The van der Waals surface area contributed by atoms with Gasteiger partial charge in [0.25, 0.3) is 0 Å². The predicted molar refractivity (Wildman–Crippen MR) is 106 cm³/mol. The molecule has 6 nitrogen and oxygen atoms in total. The van der Waals surface area contributed by atoms with Gasteiger partial charge in [-0.3, -0.25) is 10.2 Å². The van der Waals surface area contributed by atoms with Crippen LogP contribution in [0.3, 0.4) is 0 Å². The summed E-state index contributed by atoms with van der Waals surface area (Å²) in [6.45, 7) is 4.37. The van der Waals surface area contributed by atoms with Crippen molar-refractivity contribution < 1.29 is 13.2 Å². The zero-order chi connectivity index (χ0) is 19.4. The van der Waals surface area contributed by atoms with Gasteiger partial charge in [-0.15, -0.1) is 0 Å². The van der Waals surface area contributed by atoms with Crippen LogP contribution in [0.2, 0.25) is 5.02 Å². The smallest absolute Gasteiger partial charge is 0.243 e. The first-order chi connectivity index (χ1) is 12.9. The average Bonchev–Trinajstić information content (AvgIpc) is 2.65. The lowest BCUT2D eigenvalue weighted by Gasteiger charge is -2.33. The Labute approximate surface area is 166 Å². The summed E-state index contributed by atoms with van der Waals surface area (Å²) in [5.74, 6) is 0.0258. The average molecular weight is 414 g/mol. The molecule has 27 heavy (non-hydrogen) atoms. The third-order valence-electron chi connectivity index (χ3n) is 5.43. The number of halogens is 1. The number of hydrazine groups is 1. The molecule has 1 unspecified atom stereocenters. The normalized spacial score (nSPS) is 22.5. The number of hydrogen-bond acceptors (Lipinski definition) is 4. The summed E-state index contributed by atoms with van der Waals surface area (Å²) in [5.41, 5.74) is 3.55. The van der Waals surface area contributed by atoms with Crippen molar-refractivity contribution in [3.8, 4) is 0 Å². The van der Waals surface area contributed by atoms with E-state index in [1.165, 1.54) is 10.7 Å². The first-order valence-electron chi connectivity index (χ1n) is 9.67. The molecule has 1 N–H and O–H groups in total. The van der Waals surface area contributed by atoms with Gasteiger partial charge in [-0.1, -0.05) is 24.1 Å². The van der Waals surface area contributed by atoms with Crippen LogP contribution in [0, 0.1) is 12.8 Å². The van der Waals surface area contributed by atoms with Gasteiger partial charge in [0.2, 0.25) is 15.9 Å². The summed E-state index contributed by atoms with van der Waals surface area (Å²) >= 11 is 6.11. The van der Waals surface area contributed by atoms with Crippen molar-refractivity contribution in [3.05, 3.63) is 28.8 Å². The highest BCUT2D eigenvalue weighted by Crippen LogP contribution is 2.29. The molecule has 0 spiro atoms. The quantitative estimate of drug-likeness (QED) is 0.805. The molecule has 1 atom stereocenters. The van der Waals surface area contributed by atoms with Gasteiger partial charge in [-0.2, -0.15) is 4.31 Å². The second-order valence-corrected chi connectivity index (χ2v) is 9.83. The molecule has 2 fully saturated rings. The standard InChI is InChI=1S/C19H28ClN3O3S/c1-15-17(20)8-5-9-18(15)27(25,26)23-12-6-7-16(14-23)13-19(24)21-22-10-3-2-4-11-22/h5,8-9,16H,2-4,6-7,10-14H2,1H3,(H,21,24). The first kappa shape index (κ1) is 20.6. The lowest BCUT2D eigenvalue weighted by atomic mass is 9.96. The Kier molecular flexibility index (Phi) is 6.78. The Bertz CT molecular complexity index is 778. The van der Waals surface area contributed by atoms with Crippen LogP contribution in [0.1, 0.15) is 44.1 Å². The highest BCUT2D eigenvalue weighted by Gasteiger charge is 2.32. The van der Waals surface area contributed by atoms with Crippen LogP contribution >= 0.6 is 11.6 Å². The summed E-state index contributed by atoms with van der Waals surface area (Å²) in [4.78, 5) is 12.6. The number of carbonyl (C=O) groups is 1. The van der Waals surface area contributed by atoms with Crippen molar-refractivity contribution in [2.75, 3.05) is 26.2 Å². The third kappa shape index (κ3) is 5.02. The van der Waals surface area contributed by atoms with E-state index in [4.69, 9.17) is 11.6 Å². The monoisotopic (exact) mass is 413 g/mol. The molecule has 2 aliphatic rings. The van der Waals surface area contributed by atoms with Crippen LogP contribution in [0.15, 0.2) is 23.1 Å². The second-order valence-electron chi connectivity index (χ2n) is 7.52. The van der Waals surface area contributed by atoms with Crippen molar-refractivity contribution in [2.24, 2.45) is 5.92 Å². The van der Waals surface area contributed by atoms with Crippen molar-refractivity contribution >= 4 is 27.5 Å². The second kappa shape index (κ2) is 8.90. The number of carbonyl (C=O) groups excluding carboxylic acids is 1. The number of hydrogen-bond donors (Lipinski definition) is 1. The Balaban J connectivity index is 1.63. The third-order valence-corrected chi connectivity index (χ3v) is 7.85. The molecule has 3 rings (SSSR count). The largest absolute Gasteiger partial charge is 0.289 e. The molecule has 2 aliphatic heterocycles. The van der Waals surface area contributed by atoms with Gasteiger partial charge >= 0.3 is 0 Å². The Morgan fingerprint density at radius 2 is 1.93 bits per heavy atom. The van der Waals surface area contributed by atoms with E-state index in [-0.39, 0.29) is 16.7 Å². The van der Waals surface area contributed by atoms with Gasteiger partial charge in [0.1, 0.15) is 0 Å². The zero-order valence-electron chi connectivity index (χ0n) is 15.8. The van der Waals surface area contributed by atoms with Crippen LogP contribution in [0.25, 0.3) is 0 Å². The molecule has 0 bridgehead atoms. The molecule has 8 heteroatoms. The maximum atomic E-state index is 13.1. The van der Waals surface area contributed by atoms with E-state index >= 15 is 0 Å². The van der Waals surface area contributed by atoms with E-state index in [0.717, 1.165) is 38.8 Å². The minimum absolute atomic E-state index is 0.0138. The fourth-order valence-corrected chi connectivity index (χ4v) is 5.94. The van der Waals surface area contributed by atoms with Gasteiger partial charge < -0.3 is 0 Å². The van der Waals surface area contributed by atoms with Crippen LogP contribution in [-0.2, 0) is 14.8 Å². The molecular weight excluding hydrogens is 386 g/mol. The molecule has 0 aliphatic carbocycles. The van der Waals surface area contributed by atoms with Gasteiger partial charge in [0.05, 0.1) is 4.90 Å². The fourth-order valence-electron chi connectivity index (χ4n) is 3.91. The van der Waals surface area contributed by atoms with Crippen molar-refractivity contribution in [1.29, 1.82) is 0 Å². The fraction of sp³-hybridized carbons (Fsp3) is 0.632. The van der Waals surface area contributed by atoms with E-state index in [1.807, 2.05) is 5.01 Å². The van der Waals surface area contributed by atoms with E-state index in [0.29, 0.717) is 30.1 Å². The topological polar surface area (TPSA) is 69.7 Å². The number of benzene rings is 1. The van der Waals surface area contributed by atoms with E-state index < -0.39 is 10.0 Å². The number of nitrogens with one attached hydrogen (secondary N) is 1. The van der Waals surface area contributed by atoms with Crippen LogP contribution < -0.4 is 5.43 Å². The lowest BCUT2D eigenvalue weighted by Crippen LogP contribution is -2.47. The van der Waals surface area contributed by atoms with Crippen molar-refractivity contribution in [1.82, 2.24) is 14.7 Å². The molecule has 0 radical (unpaired) electrons. The van der Waals surface area contributed by atoms with E-state index in [2.05, 4.69) is 5.43 Å². The molecular formula is C19H28ClN3O3S. The SMILES string of the molecule is Cc1c(Cl)cccc1S(=O)(=O)N1CCCC(CC(=O)NN2CCCCC2)C1. The Morgan fingerprint density at radius 1 is 1.19 bits per heavy atom. The Hall–Kier alpha value is -1.15. The van der Waals surface area contributed by atoms with Gasteiger partial charge in [0, 0.05) is 37.6 Å². The molecule has 1 aromatic carbocycles. The molecule has 2 saturated heterocycles. The molecule has 0 aromatic heterocycles. The molecule has 150 valence electrons. The number of rotatable bonds is 5. The number of piperidine rings is 2. The first-order valence-corrected chi connectivity index (χ1v) is 11.5. The summed E-state index contributed by atoms with van der Waals surface area (Å²) in [6, 6.07) is 4.96. The minimum atomic E-state index is -3.60. The van der Waals surface area contributed by atoms with Gasteiger partial charge in [0.15, 0.2) is 0 Å². The summed E-state index contributed by atoms with van der Waals surface area (Å²) < 4.78 is 27.6. The van der Waals surface area contributed by atoms with Crippen LogP contribution in [0.4, 0.5) is 0 Å². The van der Waals surface area contributed by atoms with Crippen molar-refractivity contribution in [3.63, 3.8) is 0 Å². The van der Waals surface area contributed by atoms with Gasteiger partial charge in [-0.25, -0.2) is 13.4 Å². The van der Waals surface area contributed by atoms with E-state index in [9.17, 15) is 13.2 Å². The van der Waals surface area contributed by atoms with Crippen LogP contribution in [-0.4, -0.2) is 49.8 Å². The highest BCUT2D eigenvalue weighted by atomic mass is 35.5. The highest BCUT2D eigenvalue weighted by molar-refractivity contribution is 7.89. The predicted octanol–water partition coefficient (Wildman–Crippen LogP) is 2.96. The Morgan fingerprint density at radius 3 is 2.67 bits per heavy atom. The van der Waals surface area contributed by atoms with E-state index in [1.54, 1.807) is 25.1 Å². The molecule has 1 aromatic rings. The number of amides is 1.